The van der Waals surface area contributed by atoms with Crippen LogP contribution in [0.2, 0.25) is 0 Å². The molecule has 2 aromatic rings. The second-order valence-electron chi connectivity index (χ2n) is 8.07. The molecule has 6 nitrogen and oxygen atoms in total. The number of anilines is 1. The van der Waals surface area contributed by atoms with E-state index in [0.717, 1.165) is 25.7 Å². The summed E-state index contributed by atoms with van der Waals surface area (Å²) in [4.78, 5) is 27.4. The first-order valence-electron chi connectivity index (χ1n) is 11.1. The summed E-state index contributed by atoms with van der Waals surface area (Å²) in [5, 5.41) is 6.10. The molecule has 2 unspecified atom stereocenters. The Bertz CT molecular complexity index is 899. The van der Waals surface area contributed by atoms with Crippen LogP contribution in [0.5, 0.6) is 5.75 Å². The molecule has 0 saturated carbocycles. The van der Waals surface area contributed by atoms with E-state index < -0.39 is 0 Å². The molecule has 0 radical (unpaired) electrons. The summed E-state index contributed by atoms with van der Waals surface area (Å²) in [6.45, 7) is 4.40. The Morgan fingerprint density at radius 3 is 2.77 bits per heavy atom. The Balaban J connectivity index is 1.59. The molecular formula is C25H33N3O3. The zero-order valence-corrected chi connectivity index (χ0v) is 18.7. The maximum atomic E-state index is 12.9. The highest BCUT2D eigenvalue weighted by Gasteiger charge is 2.23. The van der Waals surface area contributed by atoms with Gasteiger partial charge in [0.1, 0.15) is 5.75 Å². The van der Waals surface area contributed by atoms with Gasteiger partial charge in [0, 0.05) is 30.8 Å². The molecule has 0 saturated heterocycles. The molecule has 0 bridgehead atoms. The van der Waals surface area contributed by atoms with Crippen molar-refractivity contribution < 1.29 is 14.3 Å². The highest BCUT2D eigenvalue weighted by Crippen LogP contribution is 2.29. The molecule has 0 heterocycles. The molecule has 1 aliphatic carbocycles. The van der Waals surface area contributed by atoms with E-state index in [1.807, 2.05) is 44.2 Å². The Morgan fingerprint density at radius 2 is 2.00 bits per heavy atom. The van der Waals surface area contributed by atoms with Crippen LogP contribution in [-0.4, -0.2) is 36.5 Å². The summed E-state index contributed by atoms with van der Waals surface area (Å²) in [7, 11) is 1.59. The average Bonchev–Trinajstić information content (AvgIpc) is 2.79. The Morgan fingerprint density at radius 1 is 1.19 bits per heavy atom. The monoisotopic (exact) mass is 423 g/mol. The van der Waals surface area contributed by atoms with E-state index in [0.29, 0.717) is 18.0 Å². The number of fused-ring (bicyclic) bond motifs is 1. The lowest BCUT2D eigenvalue weighted by Crippen LogP contribution is -2.43. The molecule has 6 heteroatoms. The number of nitrogens with one attached hydrogen (secondary N) is 2. The Labute approximate surface area is 185 Å². The number of rotatable bonds is 8. The van der Waals surface area contributed by atoms with E-state index >= 15 is 0 Å². The number of nitrogens with zero attached hydrogens (tertiary/aromatic N) is 1. The largest absolute Gasteiger partial charge is 0.497 e. The molecule has 2 atom stereocenters. The summed E-state index contributed by atoms with van der Waals surface area (Å²) in [6.07, 6.45) is 4.17. The molecule has 2 N–H and O–H groups in total. The van der Waals surface area contributed by atoms with Crippen molar-refractivity contribution in [3.8, 4) is 5.75 Å². The van der Waals surface area contributed by atoms with Crippen LogP contribution in [0.4, 0.5) is 10.5 Å². The van der Waals surface area contributed by atoms with Gasteiger partial charge in [0.15, 0.2) is 0 Å². The molecule has 166 valence electrons. The molecule has 0 aromatic heterocycles. The van der Waals surface area contributed by atoms with E-state index in [1.165, 1.54) is 11.1 Å². The fourth-order valence-electron chi connectivity index (χ4n) is 4.03. The third kappa shape index (κ3) is 6.00. The standard InChI is InChI=1S/C25H33N3O3/c1-4-18(2)28(25(30)26-20-11-8-12-21(17-20)31-3)16-15-24(29)27-23-14-7-10-19-9-5-6-13-22(19)23/h5-6,8-9,11-13,17-18,23H,4,7,10,14-16H2,1-3H3,(H,26,30)(H,27,29). The maximum absolute atomic E-state index is 12.9. The van der Waals surface area contributed by atoms with Crippen molar-refractivity contribution in [2.45, 2.75) is 58.0 Å². The summed E-state index contributed by atoms with van der Waals surface area (Å²) in [6, 6.07) is 15.4. The fraction of sp³-hybridized carbons (Fsp3) is 0.440. The number of carbonyl (C=O) groups is 2. The van der Waals surface area contributed by atoms with Gasteiger partial charge in [-0.15, -0.1) is 0 Å². The van der Waals surface area contributed by atoms with Crippen molar-refractivity contribution in [3.05, 3.63) is 59.7 Å². The van der Waals surface area contributed by atoms with Gasteiger partial charge in [0.25, 0.3) is 0 Å². The molecule has 2 aromatic carbocycles. The third-order valence-corrected chi connectivity index (χ3v) is 5.99. The average molecular weight is 424 g/mol. The van der Waals surface area contributed by atoms with Gasteiger partial charge >= 0.3 is 6.03 Å². The Kier molecular flexibility index (Phi) is 7.93. The van der Waals surface area contributed by atoms with Gasteiger partial charge in [-0.2, -0.15) is 0 Å². The predicted octanol–water partition coefficient (Wildman–Crippen LogP) is 4.91. The van der Waals surface area contributed by atoms with Gasteiger partial charge < -0.3 is 20.3 Å². The fourth-order valence-corrected chi connectivity index (χ4v) is 4.03. The summed E-state index contributed by atoms with van der Waals surface area (Å²) >= 11 is 0. The minimum Gasteiger partial charge on any atom is -0.497 e. The molecule has 0 spiro atoms. The number of ether oxygens (including phenoxy) is 1. The van der Waals surface area contributed by atoms with Crippen LogP contribution >= 0.6 is 0 Å². The van der Waals surface area contributed by atoms with Crippen LogP contribution in [-0.2, 0) is 11.2 Å². The topological polar surface area (TPSA) is 70.7 Å². The van der Waals surface area contributed by atoms with Crippen LogP contribution in [0, 0.1) is 0 Å². The van der Waals surface area contributed by atoms with Gasteiger partial charge in [0.2, 0.25) is 5.91 Å². The number of amides is 3. The molecule has 3 amide bonds. The summed E-state index contributed by atoms with van der Waals surface area (Å²) in [5.74, 6) is 0.657. The first-order chi connectivity index (χ1) is 15.0. The van der Waals surface area contributed by atoms with E-state index in [1.54, 1.807) is 18.1 Å². The van der Waals surface area contributed by atoms with Gasteiger partial charge in [-0.25, -0.2) is 4.79 Å². The van der Waals surface area contributed by atoms with Crippen LogP contribution in [0.1, 0.15) is 56.7 Å². The lowest BCUT2D eigenvalue weighted by Gasteiger charge is -2.30. The van der Waals surface area contributed by atoms with Crippen molar-refractivity contribution in [2.24, 2.45) is 0 Å². The van der Waals surface area contributed by atoms with Crippen LogP contribution < -0.4 is 15.4 Å². The van der Waals surface area contributed by atoms with E-state index in [-0.39, 0.29) is 30.4 Å². The van der Waals surface area contributed by atoms with Gasteiger partial charge in [-0.05, 0) is 55.9 Å². The summed E-state index contributed by atoms with van der Waals surface area (Å²) in [5.41, 5.74) is 3.20. The van der Waals surface area contributed by atoms with Crippen molar-refractivity contribution in [2.75, 3.05) is 19.0 Å². The minimum atomic E-state index is -0.210. The predicted molar refractivity (Wildman–Crippen MR) is 123 cm³/mol. The Hall–Kier alpha value is -3.02. The number of benzene rings is 2. The van der Waals surface area contributed by atoms with Crippen LogP contribution in [0.25, 0.3) is 0 Å². The second kappa shape index (κ2) is 10.8. The van der Waals surface area contributed by atoms with Gasteiger partial charge in [-0.1, -0.05) is 37.3 Å². The SMILES string of the molecule is CCC(C)N(CCC(=O)NC1CCCc2ccccc21)C(=O)Nc1cccc(OC)c1. The number of carbonyl (C=O) groups excluding carboxylic acids is 2. The molecule has 31 heavy (non-hydrogen) atoms. The van der Waals surface area contributed by atoms with E-state index in [4.69, 9.17) is 4.74 Å². The summed E-state index contributed by atoms with van der Waals surface area (Å²) < 4.78 is 5.22. The molecule has 1 aliphatic rings. The zero-order valence-electron chi connectivity index (χ0n) is 18.7. The smallest absolute Gasteiger partial charge is 0.322 e. The molecule has 0 fully saturated rings. The highest BCUT2D eigenvalue weighted by atomic mass is 16.5. The number of urea groups is 1. The molecule has 3 rings (SSSR count). The van der Waals surface area contributed by atoms with Gasteiger partial charge in [0.05, 0.1) is 13.2 Å². The number of hydrogen-bond acceptors (Lipinski definition) is 3. The highest BCUT2D eigenvalue weighted by molar-refractivity contribution is 5.90. The third-order valence-electron chi connectivity index (χ3n) is 5.99. The van der Waals surface area contributed by atoms with Gasteiger partial charge in [-0.3, -0.25) is 4.79 Å². The van der Waals surface area contributed by atoms with Crippen molar-refractivity contribution in [3.63, 3.8) is 0 Å². The van der Waals surface area contributed by atoms with Crippen molar-refractivity contribution in [1.82, 2.24) is 10.2 Å². The quantitative estimate of drug-likeness (QED) is 0.634. The second-order valence-corrected chi connectivity index (χ2v) is 8.07. The minimum absolute atomic E-state index is 0.0221. The maximum Gasteiger partial charge on any atom is 0.322 e. The van der Waals surface area contributed by atoms with Crippen molar-refractivity contribution >= 4 is 17.6 Å². The molecule has 0 aliphatic heterocycles. The van der Waals surface area contributed by atoms with Crippen LogP contribution in [0.3, 0.4) is 0 Å². The first-order valence-corrected chi connectivity index (χ1v) is 11.1. The van der Waals surface area contributed by atoms with Crippen LogP contribution in [0.15, 0.2) is 48.5 Å². The lowest BCUT2D eigenvalue weighted by atomic mass is 9.87. The van der Waals surface area contributed by atoms with Crippen molar-refractivity contribution in [1.29, 1.82) is 0 Å². The zero-order chi connectivity index (χ0) is 22.2. The number of methoxy groups -OCH3 is 1. The number of hydrogen-bond donors (Lipinski definition) is 2. The first kappa shape index (κ1) is 22.7. The normalized spacial score (nSPS) is 16.0. The van der Waals surface area contributed by atoms with E-state index in [9.17, 15) is 9.59 Å². The molecular weight excluding hydrogens is 390 g/mol. The van der Waals surface area contributed by atoms with E-state index in [2.05, 4.69) is 22.8 Å². The lowest BCUT2D eigenvalue weighted by molar-refractivity contribution is -0.122. The number of aryl methyl sites for hydroxylation is 1.